The van der Waals surface area contributed by atoms with Gasteiger partial charge in [-0.3, -0.25) is 0 Å². The van der Waals surface area contributed by atoms with Crippen molar-refractivity contribution in [3.8, 4) is 0 Å². The number of aromatic nitrogens is 1. The molecule has 0 spiro atoms. The molecule has 0 atom stereocenters. The van der Waals surface area contributed by atoms with Crippen molar-refractivity contribution in [1.82, 2.24) is 4.98 Å². The van der Waals surface area contributed by atoms with Crippen LogP contribution in [0.2, 0.25) is 0 Å². The lowest BCUT2D eigenvalue weighted by molar-refractivity contribution is 0.0696. The molecule has 0 aromatic carbocycles. The Labute approximate surface area is 114 Å². The van der Waals surface area contributed by atoms with E-state index < -0.39 is 5.97 Å². The predicted molar refractivity (Wildman–Crippen MR) is 75.0 cm³/mol. The Morgan fingerprint density at radius 3 is 2.68 bits per heavy atom. The third kappa shape index (κ3) is 4.52. The number of anilines is 1. The molecule has 1 heterocycles. The standard InChI is InChI=1S/C14H22N2O3/c1-5-19-7-6-16(4)13-9-11(14(17)18)8-12(15-13)10(2)3/h8-10H,5-7H2,1-4H3,(H,17,18). The van der Waals surface area contributed by atoms with Gasteiger partial charge in [0.15, 0.2) is 0 Å². The van der Waals surface area contributed by atoms with Gasteiger partial charge in [0.1, 0.15) is 5.82 Å². The number of hydrogen-bond donors (Lipinski definition) is 1. The minimum absolute atomic E-state index is 0.193. The molecule has 1 aromatic heterocycles. The summed E-state index contributed by atoms with van der Waals surface area (Å²) >= 11 is 0. The molecule has 0 aliphatic carbocycles. The van der Waals surface area contributed by atoms with Crippen LogP contribution in [0.5, 0.6) is 0 Å². The quantitative estimate of drug-likeness (QED) is 0.768. The van der Waals surface area contributed by atoms with Crippen LogP contribution < -0.4 is 4.90 Å². The molecule has 0 saturated carbocycles. The van der Waals surface area contributed by atoms with Crippen LogP contribution in [0.15, 0.2) is 12.1 Å². The topological polar surface area (TPSA) is 62.7 Å². The number of carboxylic acids is 1. The van der Waals surface area contributed by atoms with Gasteiger partial charge in [0.05, 0.1) is 12.2 Å². The highest BCUT2D eigenvalue weighted by Gasteiger charge is 2.13. The highest BCUT2D eigenvalue weighted by molar-refractivity contribution is 5.88. The summed E-state index contributed by atoms with van der Waals surface area (Å²) in [6.45, 7) is 7.90. The number of aromatic carboxylic acids is 1. The summed E-state index contributed by atoms with van der Waals surface area (Å²) in [5, 5.41) is 9.14. The van der Waals surface area contributed by atoms with Crippen LogP contribution in [0, 0.1) is 0 Å². The van der Waals surface area contributed by atoms with Crippen LogP contribution in [0.3, 0.4) is 0 Å². The first-order valence-corrected chi connectivity index (χ1v) is 6.49. The van der Waals surface area contributed by atoms with Crippen molar-refractivity contribution in [2.45, 2.75) is 26.7 Å². The minimum Gasteiger partial charge on any atom is -0.478 e. The van der Waals surface area contributed by atoms with Crippen molar-refractivity contribution >= 4 is 11.8 Å². The van der Waals surface area contributed by atoms with E-state index in [1.165, 1.54) is 0 Å². The maximum Gasteiger partial charge on any atom is 0.335 e. The van der Waals surface area contributed by atoms with Gasteiger partial charge in [0, 0.05) is 25.9 Å². The van der Waals surface area contributed by atoms with Crippen molar-refractivity contribution in [3.63, 3.8) is 0 Å². The first kappa shape index (κ1) is 15.4. The molecule has 5 heteroatoms. The normalized spacial score (nSPS) is 10.8. The molecular formula is C14H22N2O3. The summed E-state index contributed by atoms with van der Waals surface area (Å²) in [6, 6.07) is 3.23. The van der Waals surface area contributed by atoms with Gasteiger partial charge in [-0.1, -0.05) is 13.8 Å². The number of hydrogen-bond acceptors (Lipinski definition) is 4. The van der Waals surface area contributed by atoms with Crippen LogP contribution >= 0.6 is 0 Å². The fourth-order valence-corrected chi connectivity index (χ4v) is 1.61. The third-order valence-electron chi connectivity index (χ3n) is 2.84. The molecule has 1 rings (SSSR count). The van der Waals surface area contributed by atoms with Gasteiger partial charge in [-0.2, -0.15) is 0 Å². The van der Waals surface area contributed by atoms with Crippen LogP contribution in [-0.2, 0) is 4.74 Å². The van der Waals surface area contributed by atoms with Gasteiger partial charge in [-0.25, -0.2) is 9.78 Å². The van der Waals surface area contributed by atoms with Gasteiger partial charge < -0.3 is 14.7 Å². The Hall–Kier alpha value is -1.62. The highest BCUT2D eigenvalue weighted by atomic mass is 16.5. The van der Waals surface area contributed by atoms with Crippen molar-refractivity contribution in [2.24, 2.45) is 0 Å². The molecule has 0 fully saturated rings. The number of nitrogens with zero attached hydrogens (tertiary/aromatic N) is 2. The smallest absolute Gasteiger partial charge is 0.335 e. The number of carboxylic acid groups (broad SMARTS) is 1. The Balaban J connectivity index is 2.95. The van der Waals surface area contributed by atoms with E-state index in [9.17, 15) is 4.79 Å². The van der Waals surface area contributed by atoms with E-state index >= 15 is 0 Å². The van der Waals surface area contributed by atoms with Crippen molar-refractivity contribution in [2.75, 3.05) is 31.7 Å². The molecule has 0 unspecified atom stereocenters. The fraction of sp³-hybridized carbons (Fsp3) is 0.571. The van der Waals surface area contributed by atoms with Gasteiger partial charge in [-0.15, -0.1) is 0 Å². The van der Waals surface area contributed by atoms with E-state index in [2.05, 4.69) is 4.98 Å². The average Bonchev–Trinajstić information content (AvgIpc) is 2.38. The Morgan fingerprint density at radius 2 is 2.16 bits per heavy atom. The molecule has 5 nitrogen and oxygen atoms in total. The largest absolute Gasteiger partial charge is 0.478 e. The average molecular weight is 266 g/mol. The Kier molecular flexibility index (Phi) is 5.76. The van der Waals surface area contributed by atoms with Crippen LogP contribution in [-0.4, -0.2) is 42.9 Å². The second-order valence-corrected chi connectivity index (χ2v) is 4.72. The fourth-order valence-electron chi connectivity index (χ4n) is 1.61. The minimum atomic E-state index is -0.927. The number of rotatable bonds is 7. The molecule has 0 bridgehead atoms. The summed E-state index contributed by atoms with van der Waals surface area (Å²) in [6.07, 6.45) is 0. The van der Waals surface area contributed by atoms with E-state index in [1.807, 2.05) is 32.7 Å². The van der Waals surface area contributed by atoms with Crippen molar-refractivity contribution in [1.29, 1.82) is 0 Å². The number of likely N-dealkylation sites (N-methyl/N-ethyl adjacent to an activating group) is 1. The van der Waals surface area contributed by atoms with Crippen molar-refractivity contribution < 1.29 is 14.6 Å². The van der Waals surface area contributed by atoms with Crippen molar-refractivity contribution in [3.05, 3.63) is 23.4 Å². The summed E-state index contributed by atoms with van der Waals surface area (Å²) in [5.41, 5.74) is 1.06. The molecule has 0 aliphatic heterocycles. The monoisotopic (exact) mass is 266 g/mol. The molecule has 0 amide bonds. The van der Waals surface area contributed by atoms with E-state index in [1.54, 1.807) is 12.1 Å². The zero-order chi connectivity index (χ0) is 14.4. The summed E-state index contributed by atoms with van der Waals surface area (Å²) in [4.78, 5) is 17.6. The first-order valence-electron chi connectivity index (χ1n) is 6.49. The predicted octanol–water partition coefficient (Wildman–Crippen LogP) is 2.38. The van der Waals surface area contributed by atoms with E-state index in [4.69, 9.17) is 9.84 Å². The maximum atomic E-state index is 11.1. The molecular weight excluding hydrogens is 244 g/mol. The molecule has 19 heavy (non-hydrogen) atoms. The van der Waals surface area contributed by atoms with E-state index in [0.717, 1.165) is 5.69 Å². The first-order chi connectivity index (χ1) is 8.95. The van der Waals surface area contributed by atoms with Crippen LogP contribution in [0.4, 0.5) is 5.82 Å². The Morgan fingerprint density at radius 1 is 1.47 bits per heavy atom. The molecule has 0 radical (unpaired) electrons. The lowest BCUT2D eigenvalue weighted by atomic mass is 10.1. The lowest BCUT2D eigenvalue weighted by Gasteiger charge is -2.20. The zero-order valence-electron chi connectivity index (χ0n) is 12.0. The maximum absolute atomic E-state index is 11.1. The summed E-state index contributed by atoms with van der Waals surface area (Å²) in [7, 11) is 1.89. The van der Waals surface area contributed by atoms with E-state index in [-0.39, 0.29) is 11.5 Å². The Bertz CT molecular complexity index is 433. The van der Waals surface area contributed by atoms with E-state index in [0.29, 0.717) is 25.6 Å². The number of carbonyl (C=O) groups is 1. The second kappa shape index (κ2) is 7.09. The van der Waals surface area contributed by atoms with Gasteiger partial charge >= 0.3 is 5.97 Å². The zero-order valence-corrected chi connectivity index (χ0v) is 12.0. The van der Waals surface area contributed by atoms with Crippen LogP contribution in [0.25, 0.3) is 0 Å². The number of pyridine rings is 1. The molecule has 106 valence electrons. The molecule has 1 N–H and O–H groups in total. The summed E-state index contributed by atoms with van der Waals surface area (Å²) < 4.78 is 5.30. The van der Waals surface area contributed by atoms with Gasteiger partial charge in [-0.05, 0) is 25.0 Å². The second-order valence-electron chi connectivity index (χ2n) is 4.72. The highest BCUT2D eigenvalue weighted by Crippen LogP contribution is 2.19. The van der Waals surface area contributed by atoms with Gasteiger partial charge in [0.25, 0.3) is 0 Å². The molecule has 1 aromatic rings. The molecule has 0 aliphatic rings. The molecule has 0 saturated heterocycles. The van der Waals surface area contributed by atoms with Crippen LogP contribution in [0.1, 0.15) is 42.7 Å². The van der Waals surface area contributed by atoms with Gasteiger partial charge in [0.2, 0.25) is 0 Å². The third-order valence-corrected chi connectivity index (χ3v) is 2.84. The lowest BCUT2D eigenvalue weighted by Crippen LogP contribution is -2.24. The SMILES string of the molecule is CCOCCN(C)c1cc(C(=O)O)cc(C(C)C)n1. The summed E-state index contributed by atoms with van der Waals surface area (Å²) in [5.74, 6) is -0.0644. The number of ether oxygens (including phenoxy) is 1.